The fourth-order valence-corrected chi connectivity index (χ4v) is 4.64. The number of halogens is 1. The lowest BCUT2D eigenvalue weighted by Crippen LogP contribution is -2.34. The third kappa shape index (κ3) is 8.18. The van der Waals surface area contributed by atoms with Crippen LogP contribution < -0.4 is 10.6 Å². The highest BCUT2D eigenvalue weighted by molar-refractivity contribution is 7.99. The molecule has 39 heavy (non-hydrogen) atoms. The van der Waals surface area contributed by atoms with E-state index in [0.717, 1.165) is 6.42 Å². The summed E-state index contributed by atoms with van der Waals surface area (Å²) >= 11 is 7.42. The number of anilines is 1. The van der Waals surface area contributed by atoms with E-state index < -0.39 is 12.0 Å². The smallest absolute Gasteiger partial charge is 0.338 e. The van der Waals surface area contributed by atoms with Gasteiger partial charge in [-0.05, 0) is 42.7 Å². The molecule has 0 fully saturated rings. The van der Waals surface area contributed by atoms with Crippen LogP contribution in [0.15, 0.2) is 66.3 Å². The molecule has 3 rings (SSSR count). The lowest BCUT2D eigenvalue weighted by molar-refractivity contribution is -0.113. The minimum Gasteiger partial charge on any atom is -0.462 e. The maximum Gasteiger partial charge on any atom is 0.338 e. The van der Waals surface area contributed by atoms with Crippen molar-refractivity contribution < 1.29 is 19.1 Å². The molecule has 0 spiro atoms. The van der Waals surface area contributed by atoms with E-state index in [9.17, 15) is 14.4 Å². The van der Waals surface area contributed by atoms with Crippen LogP contribution in [0, 0.1) is 5.92 Å². The number of nitrogens with one attached hydrogen (secondary N) is 2. The molecular weight excluding hydrogens is 538 g/mol. The van der Waals surface area contributed by atoms with Crippen molar-refractivity contribution in [3.05, 3.63) is 83.2 Å². The second-order valence-corrected chi connectivity index (χ2v) is 10.3. The van der Waals surface area contributed by atoms with E-state index in [1.807, 2.05) is 25.3 Å². The van der Waals surface area contributed by atoms with E-state index in [0.29, 0.717) is 46.0 Å². The van der Waals surface area contributed by atoms with Crippen LogP contribution in [-0.4, -0.2) is 44.9 Å². The molecule has 2 N–H and O–H groups in total. The molecular formula is C28H32ClN5O4S. The van der Waals surface area contributed by atoms with Crippen LogP contribution >= 0.6 is 23.4 Å². The Bertz CT molecular complexity index is 1330. The standard InChI is InChI=1S/C28H32ClN5O4S/c1-5-14-34-25(24(18(3)4)31-26(36)21-12-7-8-13-22(21)29)32-33-28(34)39-17-23(35)30-20-11-9-10-19(16-20)27(37)38-15-6-2/h5,7-13,16,18,24H,1,6,14-15,17H2,2-4H3,(H,30,35)(H,31,36). The number of benzene rings is 2. The van der Waals surface area contributed by atoms with Gasteiger partial charge < -0.3 is 19.9 Å². The van der Waals surface area contributed by atoms with Crippen molar-refractivity contribution >= 4 is 46.8 Å². The highest BCUT2D eigenvalue weighted by Crippen LogP contribution is 2.26. The third-order valence-corrected chi connectivity index (χ3v) is 6.86. The van der Waals surface area contributed by atoms with Crippen molar-refractivity contribution in [2.75, 3.05) is 17.7 Å². The molecule has 11 heteroatoms. The second kappa shape index (κ2) is 14.5. The second-order valence-electron chi connectivity index (χ2n) is 8.97. The Labute approximate surface area is 237 Å². The number of aromatic nitrogens is 3. The van der Waals surface area contributed by atoms with Crippen molar-refractivity contribution in [1.82, 2.24) is 20.1 Å². The minimum absolute atomic E-state index is 0.0124. The fraction of sp³-hybridized carbons (Fsp3) is 0.321. The number of allylic oxidation sites excluding steroid dienone is 1. The van der Waals surface area contributed by atoms with E-state index in [1.165, 1.54) is 11.8 Å². The summed E-state index contributed by atoms with van der Waals surface area (Å²) in [4.78, 5) is 37.8. The van der Waals surface area contributed by atoms with Gasteiger partial charge in [-0.25, -0.2) is 4.79 Å². The molecule has 0 aliphatic rings. The van der Waals surface area contributed by atoms with Crippen LogP contribution in [0.5, 0.6) is 0 Å². The van der Waals surface area contributed by atoms with Crippen LogP contribution in [-0.2, 0) is 16.1 Å². The number of nitrogens with zero attached hydrogens (tertiary/aromatic N) is 3. The van der Waals surface area contributed by atoms with Gasteiger partial charge in [-0.2, -0.15) is 0 Å². The molecule has 0 aliphatic carbocycles. The van der Waals surface area contributed by atoms with Gasteiger partial charge in [0.05, 0.1) is 34.6 Å². The Morgan fingerprint density at radius 1 is 1.15 bits per heavy atom. The first kappa shape index (κ1) is 29.9. The summed E-state index contributed by atoms with van der Waals surface area (Å²) < 4.78 is 6.98. The van der Waals surface area contributed by atoms with E-state index in [2.05, 4.69) is 27.4 Å². The molecule has 0 saturated heterocycles. The van der Waals surface area contributed by atoms with Crippen LogP contribution in [0.2, 0.25) is 5.02 Å². The predicted molar refractivity (Wildman–Crippen MR) is 153 cm³/mol. The molecule has 1 atom stereocenters. The number of amides is 2. The molecule has 206 valence electrons. The average molecular weight is 570 g/mol. The van der Waals surface area contributed by atoms with Crippen LogP contribution in [0.3, 0.4) is 0 Å². The highest BCUT2D eigenvalue weighted by atomic mass is 35.5. The minimum atomic E-state index is -0.459. The van der Waals surface area contributed by atoms with Crippen molar-refractivity contribution in [1.29, 1.82) is 0 Å². The van der Waals surface area contributed by atoms with Gasteiger partial charge in [0, 0.05) is 12.2 Å². The molecule has 3 aromatic rings. The van der Waals surface area contributed by atoms with Gasteiger partial charge >= 0.3 is 5.97 Å². The molecule has 1 aromatic heterocycles. The van der Waals surface area contributed by atoms with Gasteiger partial charge in [-0.1, -0.05) is 68.4 Å². The maximum absolute atomic E-state index is 13.0. The molecule has 0 radical (unpaired) electrons. The molecule has 0 aliphatic heterocycles. The molecule has 1 unspecified atom stereocenters. The Hall–Kier alpha value is -3.63. The number of hydrogen-bond acceptors (Lipinski definition) is 7. The highest BCUT2D eigenvalue weighted by Gasteiger charge is 2.27. The quantitative estimate of drug-likeness (QED) is 0.158. The molecule has 2 amide bonds. The molecule has 2 aromatic carbocycles. The van der Waals surface area contributed by atoms with Gasteiger partial charge in [0.2, 0.25) is 5.91 Å². The first-order valence-electron chi connectivity index (χ1n) is 12.5. The zero-order valence-electron chi connectivity index (χ0n) is 22.1. The lowest BCUT2D eigenvalue weighted by atomic mass is 10.0. The van der Waals surface area contributed by atoms with Crippen LogP contribution in [0.25, 0.3) is 0 Å². The monoisotopic (exact) mass is 569 g/mol. The van der Waals surface area contributed by atoms with Crippen molar-refractivity contribution in [2.45, 2.75) is 44.9 Å². The first-order chi connectivity index (χ1) is 18.7. The maximum atomic E-state index is 13.0. The number of carbonyl (C=O) groups is 3. The summed E-state index contributed by atoms with van der Waals surface area (Å²) in [6, 6.07) is 13.0. The predicted octanol–water partition coefficient (Wildman–Crippen LogP) is 5.54. The summed E-state index contributed by atoms with van der Waals surface area (Å²) in [6.45, 7) is 10.4. The van der Waals surface area contributed by atoms with Crippen LogP contribution in [0.4, 0.5) is 5.69 Å². The van der Waals surface area contributed by atoms with Crippen LogP contribution in [0.1, 0.15) is 59.8 Å². The van der Waals surface area contributed by atoms with Gasteiger partial charge in [0.15, 0.2) is 11.0 Å². The Morgan fingerprint density at radius 2 is 1.92 bits per heavy atom. The molecule has 1 heterocycles. The van der Waals surface area contributed by atoms with E-state index in [-0.39, 0.29) is 23.5 Å². The Balaban J connectivity index is 1.71. The van der Waals surface area contributed by atoms with Gasteiger partial charge in [0.25, 0.3) is 5.91 Å². The Morgan fingerprint density at radius 3 is 2.62 bits per heavy atom. The summed E-state index contributed by atoms with van der Waals surface area (Å²) in [7, 11) is 0. The molecule has 0 bridgehead atoms. The summed E-state index contributed by atoms with van der Waals surface area (Å²) in [5.41, 5.74) is 1.22. The topological polar surface area (TPSA) is 115 Å². The van der Waals surface area contributed by atoms with E-state index in [1.54, 1.807) is 54.6 Å². The van der Waals surface area contributed by atoms with E-state index >= 15 is 0 Å². The Kier molecular flexibility index (Phi) is 11.1. The molecule has 9 nitrogen and oxygen atoms in total. The number of thioether (sulfide) groups is 1. The van der Waals surface area contributed by atoms with E-state index in [4.69, 9.17) is 16.3 Å². The summed E-state index contributed by atoms with van der Waals surface area (Å²) in [6.07, 6.45) is 2.43. The van der Waals surface area contributed by atoms with Crippen molar-refractivity contribution in [2.24, 2.45) is 5.92 Å². The van der Waals surface area contributed by atoms with Gasteiger partial charge in [0.1, 0.15) is 0 Å². The number of carbonyl (C=O) groups excluding carboxylic acids is 3. The van der Waals surface area contributed by atoms with Gasteiger partial charge in [-0.15, -0.1) is 16.8 Å². The third-order valence-electron chi connectivity index (χ3n) is 5.56. The largest absolute Gasteiger partial charge is 0.462 e. The van der Waals surface area contributed by atoms with Crippen molar-refractivity contribution in [3.63, 3.8) is 0 Å². The fourth-order valence-electron chi connectivity index (χ4n) is 3.66. The first-order valence-corrected chi connectivity index (χ1v) is 13.9. The average Bonchev–Trinajstić information content (AvgIpc) is 3.31. The normalized spacial score (nSPS) is 11.6. The summed E-state index contributed by atoms with van der Waals surface area (Å²) in [5.74, 6) is -0.442. The number of rotatable bonds is 13. The molecule has 0 saturated carbocycles. The zero-order chi connectivity index (χ0) is 28.4. The number of esters is 1. The zero-order valence-corrected chi connectivity index (χ0v) is 23.7. The van der Waals surface area contributed by atoms with Gasteiger partial charge in [-0.3, -0.25) is 9.59 Å². The number of ether oxygens (including phenoxy) is 1. The number of hydrogen-bond donors (Lipinski definition) is 2. The SMILES string of the molecule is C=CCn1c(SCC(=O)Nc2cccc(C(=O)OCCC)c2)nnc1C(NC(=O)c1ccccc1Cl)C(C)C. The lowest BCUT2D eigenvalue weighted by Gasteiger charge is -2.23. The van der Waals surface area contributed by atoms with Crippen molar-refractivity contribution in [3.8, 4) is 0 Å². The summed E-state index contributed by atoms with van der Waals surface area (Å²) in [5, 5.41) is 15.3.